The molecule has 0 radical (unpaired) electrons. The van der Waals surface area contributed by atoms with E-state index >= 15 is 0 Å². The Morgan fingerprint density at radius 1 is 1.45 bits per heavy atom. The third-order valence-corrected chi connectivity index (χ3v) is 3.58. The highest BCUT2D eigenvalue weighted by Gasteiger charge is 2.19. The van der Waals surface area contributed by atoms with Crippen LogP contribution in [-0.2, 0) is 0 Å². The van der Waals surface area contributed by atoms with Gasteiger partial charge in [-0.15, -0.1) is 6.58 Å². The zero-order valence-corrected chi connectivity index (χ0v) is 11.7. The average Bonchev–Trinajstić information content (AvgIpc) is 2.52. The van der Waals surface area contributed by atoms with Gasteiger partial charge in [-0.1, -0.05) is 6.08 Å². The summed E-state index contributed by atoms with van der Waals surface area (Å²) in [5.74, 6) is 0.553. The molecule has 2 rings (SSSR count). The lowest BCUT2D eigenvalue weighted by molar-refractivity contribution is 0.238. The molecule has 2 N–H and O–H groups in total. The number of carbonyl (C=O) groups is 1. The summed E-state index contributed by atoms with van der Waals surface area (Å²) in [5, 5.41) is 5.63. The van der Waals surface area contributed by atoms with Crippen LogP contribution in [0.25, 0.3) is 0 Å². The Morgan fingerprint density at radius 3 is 2.90 bits per heavy atom. The fourth-order valence-corrected chi connectivity index (χ4v) is 2.40. The first kappa shape index (κ1) is 14.4. The molecule has 0 unspecified atom stereocenters. The predicted octanol–water partition coefficient (Wildman–Crippen LogP) is 1.78. The first-order valence-electron chi connectivity index (χ1n) is 7.07. The van der Waals surface area contributed by atoms with Gasteiger partial charge in [-0.25, -0.2) is 4.79 Å². The number of anilines is 1. The molecule has 0 saturated carbocycles. The lowest BCUT2D eigenvalue weighted by Crippen LogP contribution is -2.42. The number of nitrogens with zero attached hydrogens (tertiary/aromatic N) is 2. The highest BCUT2D eigenvalue weighted by molar-refractivity contribution is 5.73. The van der Waals surface area contributed by atoms with Gasteiger partial charge in [-0.2, -0.15) is 0 Å². The molecule has 0 bridgehead atoms. The SMILES string of the molecule is C=CCNC(=O)NCC1CCN(c2cccnc2)CC1. The van der Waals surface area contributed by atoms with E-state index in [1.807, 2.05) is 12.3 Å². The van der Waals surface area contributed by atoms with E-state index in [9.17, 15) is 4.79 Å². The summed E-state index contributed by atoms with van der Waals surface area (Å²) in [6.07, 6.45) is 7.56. The van der Waals surface area contributed by atoms with Crippen molar-refractivity contribution in [1.29, 1.82) is 0 Å². The third kappa shape index (κ3) is 4.26. The fraction of sp³-hybridized carbons (Fsp3) is 0.467. The molecule has 0 atom stereocenters. The number of pyridine rings is 1. The minimum atomic E-state index is -0.111. The van der Waals surface area contributed by atoms with Crippen LogP contribution >= 0.6 is 0 Å². The minimum absolute atomic E-state index is 0.111. The minimum Gasteiger partial charge on any atom is -0.370 e. The second kappa shape index (κ2) is 7.53. The summed E-state index contributed by atoms with van der Waals surface area (Å²) < 4.78 is 0. The van der Waals surface area contributed by atoms with Gasteiger partial charge in [0, 0.05) is 32.4 Å². The number of urea groups is 1. The Balaban J connectivity index is 1.69. The second-order valence-corrected chi connectivity index (χ2v) is 5.02. The van der Waals surface area contributed by atoms with Crippen molar-refractivity contribution in [2.45, 2.75) is 12.8 Å². The molecule has 1 aliphatic heterocycles. The van der Waals surface area contributed by atoms with Crippen LogP contribution in [0.5, 0.6) is 0 Å². The molecule has 1 saturated heterocycles. The van der Waals surface area contributed by atoms with Gasteiger partial charge in [0.15, 0.2) is 0 Å². The van der Waals surface area contributed by atoms with Crippen molar-refractivity contribution in [3.8, 4) is 0 Å². The Labute approximate surface area is 120 Å². The Hall–Kier alpha value is -2.04. The summed E-state index contributed by atoms with van der Waals surface area (Å²) in [5.41, 5.74) is 1.18. The molecule has 0 aliphatic carbocycles. The summed E-state index contributed by atoms with van der Waals surface area (Å²) in [6.45, 7) is 6.85. The summed E-state index contributed by atoms with van der Waals surface area (Å²) in [4.78, 5) is 17.9. The van der Waals surface area contributed by atoms with Crippen molar-refractivity contribution in [2.75, 3.05) is 31.1 Å². The molecule has 2 amide bonds. The van der Waals surface area contributed by atoms with Gasteiger partial charge in [-0.3, -0.25) is 4.98 Å². The van der Waals surface area contributed by atoms with E-state index in [0.29, 0.717) is 12.5 Å². The van der Waals surface area contributed by atoms with Crippen molar-refractivity contribution in [1.82, 2.24) is 15.6 Å². The largest absolute Gasteiger partial charge is 0.370 e. The summed E-state index contributed by atoms with van der Waals surface area (Å²) in [6, 6.07) is 3.95. The quantitative estimate of drug-likeness (QED) is 0.805. The first-order valence-corrected chi connectivity index (χ1v) is 7.07. The molecule has 1 aromatic rings. The molecule has 0 spiro atoms. The van der Waals surface area contributed by atoms with Crippen LogP contribution in [-0.4, -0.2) is 37.2 Å². The van der Waals surface area contributed by atoms with Gasteiger partial charge in [-0.05, 0) is 30.9 Å². The van der Waals surface area contributed by atoms with Gasteiger partial charge in [0.05, 0.1) is 11.9 Å². The van der Waals surface area contributed by atoms with E-state index in [4.69, 9.17) is 0 Å². The van der Waals surface area contributed by atoms with Crippen LogP contribution in [0.3, 0.4) is 0 Å². The van der Waals surface area contributed by atoms with Gasteiger partial charge in [0.1, 0.15) is 0 Å². The number of aromatic nitrogens is 1. The number of piperidine rings is 1. The molecule has 5 nitrogen and oxygen atoms in total. The number of hydrogen-bond donors (Lipinski definition) is 2. The number of nitrogens with one attached hydrogen (secondary N) is 2. The van der Waals surface area contributed by atoms with Crippen LogP contribution in [0.1, 0.15) is 12.8 Å². The number of carbonyl (C=O) groups excluding carboxylic acids is 1. The maximum Gasteiger partial charge on any atom is 0.315 e. The van der Waals surface area contributed by atoms with Crippen LogP contribution in [0.2, 0.25) is 0 Å². The molecule has 0 aromatic carbocycles. The van der Waals surface area contributed by atoms with Crippen LogP contribution < -0.4 is 15.5 Å². The van der Waals surface area contributed by atoms with Crippen LogP contribution in [0, 0.1) is 5.92 Å². The van der Waals surface area contributed by atoms with Crippen molar-refractivity contribution < 1.29 is 4.79 Å². The topological polar surface area (TPSA) is 57.3 Å². The van der Waals surface area contributed by atoms with E-state index in [0.717, 1.165) is 32.5 Å². The van der Waals surface area contributed by atoms with Gasteiger partial charge >= 0.3 is 6.03 Å². The average molecular weight is 274 g/mol. The van der Waals surface area contributed by atoms with E-state index in [-0.39, 0.29) is 6.03 Å². The molecular weight excluding hydrogens is 252 g/mol. The van der Waals surface area contributed by atoms with E-state index in [1.165, 1.54) is 5.69 Å². The maximum absolute atomic E-state index is 11.4. The predicted molar refractivity (Wildman–Crippen MR) is 80.8 cm³/mol. The summed E-state index contributed by atoms with van der Waals surface area (Å²) >= 11 is 0. The van der Waals surface area contributed by atoms with Gasteiger partial charge in [0.25, 0.3) is 0 Å². The molecule has 20 heavy (non-hydrogen) atoms. The second-order valence-electron chi connectivity index (χ2n) is 5.02. The Bertz CT molecular complexity index is 427. The smallest absolute Gasteiger partial charge is 0.315 e. The standard InChI is InChI=1S/C15H22N4O/c1-2-7-17-15(20)18-11-13-5-9-19(10-6-13)14-4-3-8-16-12-14/h2-4,8,12-13H,1,5-7,9-11H2,(H2,17,18,20). The van der Waals surface area contributed by atoms with Crippen molar-refractivity contribution in [3.05, 3.63) is 37.2 Å². The molecule has 1 aliphatic rings. The molecular formula is C15H22N4O. The van der Waals surface area contributed by atoms with E-state index in [2.05, 4.69) is 33.2 Å². The third-order valence-electron chi connectivity index (χ3n) is 3.58. The van der Waals surface area contributed by atoms with E-state index < -0.39 is 0 Å². The maximum atomic E-state index is 11.4. The normalized spacial score (nSPS) is 15.7. The number of rotatable bonds is 5. The zero-order valence-electron chi connectivity index (χ0n) is 11.7. The van der Waals surface area contributed by atoms with Gasteiger partial charge in [0.2, 0.25) is 0 Å². The highest BCUT2D eigenvalue weighted by atomic mass is 16.2. The summed E-state index contributed by atoms with van der Waals surface area (Å²) in [7, 11) is 0. The highest BCUT2D eigenvalue weighted by Crippen LogP contribution is 2.21. The lowest BCUT2D eigenvalue weighted by Gasteiger charge is -2.33. The molecule has 5 heteroatoms. The lowest BCUT2D eigenvalue weighted by atomic mass is 9.96. The zero-order chi connectivity index (χ0) is 14.2. The first-order chi connectivity index (χ1) is 9.79. The fourth-order valence-electron chi connectivity index (χ4n) is 2.40. The number of hydrogen-bond acceptors (Lipinski definition) is 3. The Kier molecular flexibility index (Phi) is 5.41. The Morgan fingerprint density at radius 2 is 2.25 bits per heavy atom. The molecule has 2 heterocycles. The van der Waals surface area contributed by atoms with Crippen molar-refractivity contribution in [3.63, 3.8) is 0 Å². The molecule has 1 fully saturated rings. The van der Waals surface area contributed by atoms with Crippen LogP contribution in [0.15, 0.2) is 37.2 Å². The molecule has 1 aromatic heterocycles. The molecule has 108 valence electrons. The van der Waals surface area contributed by atoms with Gasteiger partial charge < -0.3 is 15.5 Å². The van der Waals surface area contributed by atoms with Crippen molar-refractivity contribution in [2.24, 2.45) is 5.92 Å². The van der Waals surface area contributed by atoms with Crippen molar-refractivity contribution >= 4 is 11.7 Å². The monoisotopic (exact) mass is 274 g/mol. The number of amides is 2. The van der Waals surface area contributed by atoms with Crippen LogP contribution in [0.4, 0.5) is 10.5 Å². The van der Waals surface area contributed by atoms with E-state index in [1.54, 1.807) is 12.3 Å².